The lowest BCUT2D eigenvalue weighted by Gasteiger charge is -2.32. The molecule has 2 heterocycles. The Morgan fingerprint density at radius 3 is 2.64 bits per heavy atom. The first-order valence-electron chi connectivity index (χ1n) is 9.37. The largest absolute Gasteiger partial charge is 0.497 e. The molecule has 0 spiro atoms. The van der Waals surface area contributed by atoms with E-state index in [0.29, 0.717) is 17.1 Å². The van der Waals surface area contributed by atoms with Crippen molar-refractivity contribution in [3.63, 3.8) is 0 Å². The van der Waals surface area contributed by atoms with Gasteiger partial charge < -0.3 is 19.3 Å². The first kappa shape index (κ1) is 18.7. The third-order valence-corrected chi connectivity index (χ3v) is 6.17. The van der Waals surface area contributed by atoms with Gasteiger partial charge in [0.15, 0.2) is 0 Å². The fourth-order valence-corrected chi connectivity index (χ4v) is 4.60. The number of nitrogens with one attached hydrogen (secondary N) is 1. The van der Waals surface area contributed by atoms with Crippen molar-refractivity contribution >= 4 is 27.5 Å². The van der Waals surface area contributed by atoms with Crippen LogP contribution in [0.1, 0.15) is 15.4 Å². The number of hydrogen-bond acceptors (Lipinski definition) is 5. The van der Waals surface area contributed by atoms with Crippen molar-refractivity contribution in [2.75, 3.05) is 40.4 Å². The van der Waals surface area contributed by atoms with Crippen LogP contribution >= 0.6 is 11.3 Å². The van der Waals surface area contributed by atoms with Gasteiger partial charge in [-0.2, -0.15) is 0 Å². The van der Waals surface area contributed by atoms with E-state index in [-0.39, 0.29) is 5.91 Å². The van der Waals surface area contributed by atoms with Crippen LogP contribution in [0.3, 0.4) is 0 Å². The minimum absolute atomic E-state index is 0.00483. The van der Waals surface area contributed by atoms with Gasteiger partial charge in [-0.05, 0) is 30.3 Å². The van der Waals surface area contributed by atoms with Crippen molar-refractivity contribution in [1.82, 2.24) is 9.88 Å². The number of carbonyl (C=O) groups is 1. The quantitative estimate of drug-likeness (QED) is 0.713. The fraction of sp³-hybridized carbons (Fsp3) is 0.333. The van der Waals surface area contributed by atoms with E-state index in [1.807, 2.05) is 17.0 Å². The molecule has 1 N–H and O–H groups in total. The van der Waals surface area contributed by atoms with Crippen LogP contribution in [-0.4, -0.2) is 56.2 Å². The number of amides is 1. The minimum atomic E-state index is -0.00483. The summed E-state index contributed by atoms with van der Waals surface area (Å²) in [6.07, 6.45) is 0. The molecule has 1 aromatic heterocycles. The molecule has 4 rings (SSSR count). The monoisotopic (exact) mass is 398 g/mol. The Balaban J connectivity index is 1.40. The maximum atomic E-state index is 13.0. The van der Waals surface area contributed by atoms with Crippen LogP contribution in [0.5, 0.6) is 11.5 Å². The molecule has 0 bridgehead atoms. The highest BCUT2D eigenvalue weighted by Gasteiger charge is 2.27. The van der Waals surface area contributed by atoms with E-state index in [1.54, 1.807) is 43.8 Å². The van der Waals surface area contributed by atoms with Crippen LogP contribution in [0, 0.1) is 0 Å². The second-order valence-corrected chi connectivity index (χ2v) is 7.98. The molecule has 3 aromatic rings. The van der Waals surface area contributed by atoms with E-state index in [2.05, 4.69) is 12.1 Å². The normalized spacial score (nSPS) is 15.0. The number of hydrogen-bond donors (Lipinski definition) is 1. The predicted molar refractivity (Wildman–Crippen MR) is 109 cm³/mol. The zero-order chi connectivity index (χ0) is 19.5. The molecule has 0 atom stereocenters. The van der Waals surface area contributed by atoms with Crippen LogP contribution in [0.15, 0.2) is 42.5 Å². The summed E-state index contributed by atoms with van der Waals surface area (Å²) < 4.78 is 11.9. The van der Waals surface area contributed by atoms with Gasteiger partial charge in [-0.25, -0.2) is 4.98 Å². The molecule has 6 nitrogen and oxygen atoms in total. The molecule has 0 radical (unpaired) electrons. The highest BCUT2D eigenvalue weighted by molar-refractivity contribution is 7.18. The molecular weight excluding hydrogens is 374 g/mol. The standard InChI is InChI=1S/C21H23N3O3S/c1-26-15-7-8-18(27-2)16(13-15)21(25)24-11-9-23(10-12-24)14-20-22-17-5-3-4-6-19(17)28-20/h3-8,13H,9-12,14H2,1-2H3/p+1. The van der Waals surface area contributed by atoms with E-state index in [0.717, 1.165) is 43.2 Å². The van der Waals surface area contributed by atoms with Crippen molar-refractivity contribution in [1.29, 1.82) is 0 Å². The molecule has 7 heteroatoms. The van der Waals surface area contributed by atoms with E-state index in [4.69, 9.17) is 14.5 Å². The Morgan fingerprint density at radius 2 is 1.93 bits per heavy atom. The van der Waals surface area contributed by atoms with E-state index < -0.39 is 0 Å². The summed E-state index contributed by atoms with van der Waals surface area (Å²) in [4.78, 5) is 21.1. The van der Waals surface area contributed by atoms with Crippen LogP contribution in [-0.2, 0) is 6.54 Å². The summed E-state index contributed by atoms with van der Waals surface area (Å²) in [6.45, 7) is 4.17. The number of benzene rings is 2. The van der Waals surface area contributed by atoms with Gasteiger partial charge >= 0.3 is 0 Å². The molecule has 1 aliphatic heterocycles. The number of methoxy groups -OCH3 is 2. The summed E-state index contributed by atoms with van der Waals surface area (Å²) in [5.41, 5.74) is 1.62. The molecular formula is C21H24N3O3S+. The topological polar surface area (TPSA) is 56.1 Å². The number of para-hydroxylation sites is 1. The van der Waals surface area contributed by atoms with Crippen molar-refractivity contribution in [3.05, 3.63) is 53.0 Å². The summed E-state index contributed by atoms with van der Waals surface area (Å²) in [5.74, 6) is 1.23. The maximum Gasteiger partial charge on any atom is 0.258 e. The number of fused-ring (bicyclic) bond motifs is 1. The van der Waals surface area contributed by atoms with E-state index in [1.165, 1.54) is 9.60 Å². The molecule has 0 aliphatic carbocycles. The second kappa shape index (κ2) is 8.16. The van der Waals surface area contributed by atoms with Gasteiger partial charge in [-0.1, -0.05) is 12.1 Å². The second-order valence-electron chi connectivity index (χ2n) is 6.86. The number of quaternary nitrogens is 1. The number of piperazine rings is 1. The van der Waals surface area contributed by atoms with Crippen molar-refractivity contribution in [2.45, 2.75) is 6.54 Å². The molecule has 1 amide bonds. The van der Waals surface area contributed by atoms with Crippen LogP contribution < -0.4 is 14.4 Å². The SMILES string of the molecule is COc1ccc(OC)c(C(=O)N2CC[NH+](Cc3nc4ccccc4s3)CC2)c1. The maximum absolute atomic E-state index is 13.0. The van der Waals surface area contributed by atoms with Crippen LogP contribution in [0.2, 0.25) is 0 Å². The number of ether oxygens (including phenoxy) is 2. The summed E-state index contributed by atoms with van der Waals surface area (Å²) in [6, 6.07) is 13.6. The highest BCUT2D eigenvalue weighted by atomic mass is 32.1. The van der Waals surface area contributed by atoms with Crippen molar-refractivity contribution in [2.24, 2.45) is 0 Å². The van der Waals surface area contributed by atoms with Crippen molar-refractivity contribution in [3.8, 4) is 11.5 Å². The number of nitrogens with zero attached hydrogens (tertiary/aromatic N) is 2. The third kappa shape index (κ3) is 3.81. The summed E-state index contributed by atoms with van der Waals surface area (Å²) >= 11 is 1.76. The lowest BCUT2D eigenvalue weighted by molar-refractivity contribution is -0.917. The molecule has 146 valence electrons. The molecule has 0 saturated carbocycles. The van der Waals surface area contributed by atoms with Crippen molar-refractivity contribution < 1.29 is 19.2 Å². The van der Waals surface area contributed by atoms with Gasteiger partial charge in [0.05, 0.1) is 56.2 Å². The van der Waals surface area contributed by atoms with E-state index >= 15 is 0 Å². The molecule has 28 heavy (non-hydrogen) atoms. The molecule has 0 unspecified atom stereocenters. The minimum Gasteiger partial charge on any atom is -0.497 e. The smallest absolute Gasteiger partial charge is 0.258 e. The lowest BCUT2D eigenvalue weighted by Crippen LogP contribution is -3.13. The Labute approximate surface area is 168 Å². The highest BCUT2D eigenvalue weighted by Crippen LogP contribution is 2.25. The Morgan fingerprint density at radius 1 is 1.14 bits per heavy atom. The van der Waals surface area contributed by atoms with Gasteiger partial charge in [0.1, 0.15) is 23.1 Å². The van der Waals surface area contributed by atoms with Gasteiger partial charge in [0.2, 0.25) is 0 Å². The predicted octanol–water partition coefficient (Wildman–Crippen LogP) is 1.85. The number of aromatic nitrogens is 1. The number of carbonyl (C=O) groups excluding carboxylic acids is 1. The number of rotatable bonds is 5. The Bertz CT molecular complexity index is 947. The summed E-state index contributed by atoms with van der Waals surface area (Å²) in [5, 5.41) is 1.16. The molecule has 2 aromatic carbocycles. The molecule has 1 saturated heterocycles. The molecule has 1 fully saturated rings. The van der Waals surface area contributed by atoms with Crippen LogP contribution in [0.4, 0.5) is 0 Å². The zero-order valence-electron chi connectivity index (χ0n) is 16.1. The van der Waals surface area contributed by atoms with Gasteiger partial charge in [-0.3, -0.25) is 4.79 Å². The fourth-order valence-electron chi connectivity index (χ4n) is 3.56. The lowest BCUT2D eigenvalue weighted by atomic mass is 10.1. The first-order chi connectivity index (χ1) is 13.7. The van der Waals surface area contributed by atoms with Gasteiger partial charge in [0, 0.05) is 0 Å². The third-order valence-electron chi connectivity index (χ3n) is 5.13. The van der Waals surface area contributed by atoms with Crippen LogP contribution in [0.25, 0.3) is 10.2 Å². The van der Waals surface area contributed by atoms with E-state index in [9.17, 15) is 4.79 Å². The average Bonchev–Trinajstić information content (AvgIpc) is 3.15. The molecule has 1 aliphatic rings. The van der Waals surface area contributed by atoms with Gasteiger partial charge in [0.25, 0.3) is 5.91 Å². The van der Waals surface area contributed by atoms with Gasteiger partial charge in [-0.15, -0.1) is 11.3 Å². The Hall–Kier alpha value is -2.64. The Kier molecular flexibility index (Phi) is 5.45. The first-order valence-corrected chi connectivity index (χ1v) is 10.2. The number of thiazole rings is 1. The summed E-state index contributed by atoms with van der Waals surface area (Å²) in [7, 11) is 3.18. The average molecular weight is 399 g/mol. The zero-order valence-corrected chi connectivity index (χ0v) is 16.9.